The highest BCUT2D eigenvalue weighted by Crippen LogP contribution is 2.31. The monoisotopic (exact) mass is 502 g/mol. The molecule has 1 aliphatic rings. The first-order chi connectivity index (χ1) is 15.9. The lowest BCUT2D eigenvalue weighted by atomic mass is 9.95. The van der Waals surface area contributed by atoms with Gasteiger partial charge >= 0.3 is 0 Å². The molecule has 0 aromatic heterocycles. The van der Waals surface area contributed by atoms with Crippen LogP contribution in [0.5, 0.6) is 0 Å². The molecule has 3 aromatic carbocycles. The Morgan fingerprint density at radius 1 is 0.939 bits per heavy atom. The van der Waals surface area contributed by atoms with E-state index in [-0.39, 0.29) is 33.4 Å². The number of nitrogens with one attached hydrogen (secondary N) is 1. The Bertz CT molecular complexity index is 1180. The van der Waals surface area contributed by atoms with Crippen LogP contribution in [0.2, 0.25) is 10.0 Å². The molecule has 33 heavy (non-hydrogen) atoms. The summed E-state index contributed by atoms with van der Waals surface area (Å²) in [7, 11) is -3.88. The van der Waals surface area contributed by atoms with E-state index < -0.39 is 15.9 Å². The minimum atomic E-state index is -3.88. The molecule has 1 saturated heterocycles. The van der Waals surface area contributed by atoms with Crippen LogP contribution in [0.4, 0.5) is 0 Å². The number of hydrogen-bond donors (Lipinski definition) is 1. The number of nitrogens with zero attached hydrogens (tertiary/aromatic N) is 1. The van der Waals surface area contributed by atoms with Crippen molar-refractivity contribution in [1.82, 2.24) is 9.62 Å². The highest BCUT2D eigenvalue weighted by atomic mass is 35.5. The van der Waals surface area contributed by atoms with Crippen molar-refractivity contribution in [1.29, 1.82) is 0 Å². The number of amides is 1. The summed E-state index contributed by atoms with van der Waals surface area (Å²) in [5.41, 5.74) is 1.92. The number of sulfonamides is 1. The van der Waals surface area contributed by atoms with Crippen LogP contribution in [-0.4, -0.2) is 31.7 Å². The Morgan fingerprint density at radius 3 is 2.15 bits per heavy atom. The van der Waals surface area contributed by atoms with Crippen molar-refractivity contribution in [2.45, 2.75) is 23.8 Å². The average molecular weight is 503 g/mol. The van der Waals surface area contributed by atoms with Crippen molar-refractivity contribution in [2.75, 3.05) is 13.1 Å². The largest absolute Gasteiger partial charge is 0.345 e. The fourth-order valence-corrected chi connectivity index (χ4v) is 6.36. The van der Waals surface area contributed by atoms with Crippen LogP contribution < -0.4 is 5.32 Å². The summed E-state index contributed by atoms with van der Waals surface area (Å²) in [4.78, 5) is 13.3. The molecule has 1 N–H and O–H groups in total. The van der Waals surface area contributed by atoms with E-state index in [1.165, 1.54) is 16.4 Å². The van der Waals surface area contributed by atoms with Crippen molar-refractivity contribution in [2.24, 2.45) is 5.92 Å². The molecular weight excluding hydrogens is 479 g/mol. The third-order valence-electron chi connectivity index (χ3n) is 5.82. The molecule has 0 unspecified atom stereocenters. The summed E-state index contributed by atoms with van der Waals surface area (Å²) in [6, 6.07) is 23.5. The van der Waals surface area contributed by atoms with E-state index in [0.717, 1.165) is 11.1 Å². The zero-order valence-electron chi connectivity index (χ0n) is 17.8. The number of benzene rings is 3. The predicted molar refractivity (Wildman–Crippen MR) is 131 cm³/mol. The quantitative estimate of drug-likeness (QED) is 0.497. The Labute approximate surface area is 204 Å². The van der Waals surface area contributed by atoms with Crippen molar-refractivity contribution < 1.29 is 13.2 Å². The van der Waals surface area contributed by atoms with Gasteiger partial charge in [-0.2, -0.15) is 4.31 Å². The molecular formula is C25H24Cl2N2O3S. The van der Waals surface area contributed by atoms with E-state index in [4.69, 9.17) is 23.2 Å². The molecule has 1 amide bonds. The lowest BCUT2D eigenvalue weighted by Gasteiger charge is -2.32. The average Bonchev–Trinajstić information content (AvgIpc) is 2.85. The zero-order chi connectivity index (χ0) is 23.4. The Hall–Kier alpha value is -2.38. The first-order valence-electron chi connectivity index (χ1n) is 10.7. The molecule has 8 heteroatoms. The fraction of sp³-hybridized carbons (Fsp3) is 0.240. The number of hydrogen-bond acceptors (Lipinski definition) is 3. The van der Waals surface area contributed by atoms with E-state index in [0.29, 0.717) is 19.4 Å². The Kier molecular flexibility index (Phi) is 7.39. The van der Waals surface area contributed by atoms with E-state index in [9.17, 15) is 13.2 Å². The molecule has 0 aliphatic carbocycles. The van der Waals surface area contributed by atoms with Crippen LogP contribution in [-0.2, 0) is 14.8 Å². The smallest absolute Gasteiger partial charge is 0.244 e. The maximum absolute atomic E-state index is 13.3. The first kappa shape index (κ1) is 23.8. The van der Waals surface area contributed by atoms with Crippen molar-refractivity contribution in [3.05, 3.63) is 100 Å². The van der Waals surface area contributed by atoms with Gasteiger partial charge in [-0.3, -0.25) is 4.79 Å². The molecule has 3 aromatic rings. The van der Waals surface area contributed by atoms with Gasteiger partial charge in [-0.1, -0.05) is 83.9 Å². The molecule has 0 radical (unpaired) electrons. The number of piperidine rings is 1. The lowest BCUT2D eigenvalue weighted by Crippen LogP contribution is -2.46. The summed E-state index contributed by atoms with van der Waals surface area (Å²) in [5, 5.41) is 3.54. The standard InChI is InChI=1S/C25H24Cl2N2O3S/c26-21-13-14-22(27)23(16-21)33(31,32)29-15-7-12-20(17-29)25(30)28-24(18-8-3-1-4-9-18)19-10-5-2-6-11-19/h1-6,8-11,13-14,16,20,24H,7,12,15,17H2,(H,28,30)/t20-/m0/s1. The van der Waals surface area contributed by atoms with Crippen molar-refractivity contribution in [3.63, 3.8) is 0 Å². The van der Waals surface area contributed by atoms with Crippen molar-refractivity contribution >= 4 is 39.1 Å². The highest BCUT2D eigenvalue weighted by molar-refractivity contribution is 7.89. The van der Waals surface area contributed by atoms with Crippen LogP contribution in [0.15, 0.2) is 83.8 Å². The fourth-order valence-electron chi connectivity index (χ4n) is 4.10. The normalized spacial score (nSPS) is 17.1. The Morgan fingerprint density at radius 2 is 1.55 bits per heavy atom. The summed E-state index contributed by atoms with van der Waals surface area (Å²) in [5.74, 6) is -0.647. The summed E-state index contributed by atoms with van der Waals surface area (Å²) < 4.78 is 27.8. The number of rotatable bonds is 6. The molecule has 0 saturated carbocycles. The SMILES string of the molecule is O=C(NC(c1ccccc1)c1ccccc1)[C@H]1CCCN(S(=O)(=O)c2cc(Cl)ccc2Cl)C1. The van der Waals surface area contributed by atoms with Gasteiger partial charge in [0.2, 0.25) is 15.9 Å². The maximum Gasteiger partial charge on any atom is 0.244 e. The molecule has 1 atom stereocenters. The van der Waals surface area contributed by atoms with E-state index >= 15 is 0 Å². The Balaban J connectivity index is 1.55. The zero-order valence-corrected chi connectivity index (χ0v) is 20.2. The molecule has 1 heterocycles. The minimum absolute atomic E-state index is 0.0378. The molecule has 0 bridgehead atoms. The molecule has 4 rings (SSSR count). The third-order valence-corrected chi connectivity index (χ3v) is 8.40. The molecule has 1 aliphatic heterocycles. The molecule has 5 nitrogen and oxygen atoms in total. The summed E-state index contributed by atoms with van der Waals surface area (Å²) in [6.07, 6.45) is 1.19. The summed E-state index contributed by atoms with van der Waals surface area (Å²) in [6.45, 7) is 0.420. The topological polar surface area (TPSA) is 66.5 Å². The van der Waals surface area contributed by atoms with Crippen molar-refractivity contribution in [3.8, 4) is 0 Å². The lowest BCUT2D eigenvalue weighted by molar-refractivity contribution is -0.126. The second-order valence-corrected chi connectivity index (χ2v) is 10.8. The second-order valence-electron chi connectivity index (χ2n) is 8.04. The van der Waals surface area contributed by atoms with E-state index in [1.54, 1.807) is 6.07 Å². The van der Waals surface area contributed by atoms with Gasteiger partial charge in [-0.15, -0.1) is 0 Å². The van der Waals surface area contributed by atoms with Crippen LogP contribution in [0.1, 0.15) is 30.0 Å². The van der Waals surface area contributed by atoms with Crippen LogP contribution >= 0.6 is 23.2 Å². The summed E-state index contributed by atoms with van der Waals surface area (Å²) >= 11 is 12.2. The van der Waals surface area contributed by atoms with Gasteiger partial charge in [0.05, 0.1) is 17.0 Å². The predicted octanol–water partition coefficient (Wildman–Crippen LogP) is 5.30. The molecule has 172 valence electrons. The van der Waals surface area contributed by atoms with Gasteiger partial charge in [-0.05, 0) is 42.2 Å². The first-order valence-corrected chi connectivity index (χ1v) is 12.9. The van der Waals surface area contributed by atoms with E-state index in [2.05, 4.69) is 5.32 Å². The second kappa shape index (κ2) is 10.3. The van der Waals surface area contributed by atoms with Crippen LogP contribution in [0.3, 0.4) is 0 Å². The molecule has 0 spiro atoms. The van der Waals surface area contributed by atoms with Gasteiger partial charge < -0.3 is 5.32 Å². The van der Waals surface area contributed by atoms with Gasteiger partial charge in [0.15, 0.2) is 0 Å². The number of carbonyl (C=O) groups is 1. The van der Waals surface area contributed by atoms with Gasteiger partial charge in [-0.25, -0.2) is 8.42 Å². The van der Waals surface area contributed by atoms with Gasteiger partial charge in [0.25, 0.3) is 0 Å². The minimum Gasteiger partial charge on any atom is -0.345 e. The number of halogens is 2. The third kappa shape index (κ3) is 5.41. The van der Waals surface area contributed by atoms with Gasteiger partial charge in [0.1, 0.15) is 4.90 Å². The van der Waals surface area contributed by atoms with Gasteiger partial charge in [0, 0.05) is 18.1 Å². The maximum atomic E-state index is 13.3. The highest BCUT2D eigenvalue weighted by Gasteiger charge is 2.35. The van der Waals surface area contributed by atoms with Crippen LogP contribution in [0.25, 0.3) is 0 Å². The van der Waals surface area contributed by atoms with Crippen LogP contribution in [0, 0.1) is 5.92 Å². The molecule has 1 fully saturated rings. The van der Waals surface area contributed by atoms with E-state index in [1.807, 2.05) is 60.7 Å². The number of carbonyl (C=O) groups excluding carboxylic acids is 1.